The molecule has 2 aliphatic carbocycles. The second-order valence-corrected chi connectivity index (χ2v) is 15.6. The number of amides is 1. The number of carbonyl (C=O) groups is 1. The number of unbranched alkanes of at least 4 members (excludes halogenated alkanes) is 2. The first kappa shape index (κ1) is 41.3. The molecule has 3 aliphatic rings. The molecule has 1 amide bonds. The largest absolute Gasteiger partial charge is 0.497 e. The van der Waals surface area contributed by atoms with Gasteiger partial charge in [-0.05, 0) is 110 Å². The molecule has 2 N–H and O–H groups in total. The molecule has 0 spiro atoms. The summed E-state index contributed by atoms with van der Waals surface area (Å²) in [5.74, 6) is 1.08. The molecule has 300 valence electrons. The van der Waals surface area contributed by atoms with Crippen molar-refractivity contribution < 1.29 is 38.8 Å². The maximum Gasteiger partial charge on any atom is 0.239 e. The summed E-state index contributed by atoms with van der Waals surface area (Å²) < 4.78 is 26.2. The van der Waals surface area contributed by atoms with Crippen molar-refractivity contribution in [1.29, 1.82) is 0 Å². The Kier molecular flexibility index (Phi) is 14.2. The molecule has 6 atom stereocenters. The van der Waals surface area contributed by atoms with Crippen molar-refractivity contribution in [3.63, 3.8) is 0 Å². The SMILES string of the molecule is C=CCOC12Oc3ccc(Oc4ccc(SC)cc4)cc3C3C(CCCCO)C(CCCCO)C=C(C(=NOC)CC1N(C)C(=O)Cc1cccc(OC)c1)C32. The number of nitrogens with zero attached hydrogens (tertiary/aromatic N) is 2. The van der Waals surface area contributed by atoms with Crippen LogP contribution < -0.4 is 14.2 Å². The molecule has 11 heteroatoms. The van der Waals surface area contributed by atoms with Crippen LogP contribution in [0.15, 0.2) is 101 Å². The number of methoxy groups -OCH3 is 1. The summed E-state index contributed by atoms with van der Waals surface area (Å²) in [5.41, 5.74) is 3.57. The maximum atomic E-state index is 14.4. The highest BCUT2D eigenvalue weighted by atomic mass is 32.2. The van der Waals surface area contributed by atoms with Crippen molar-refractivity contribution in [2.24, 2.45) is 22.9 Å². The lowest BCUT2D eigenvalue weighted by atomic mass is 9.55. The molecule has 1 heterocycles. The minimum atomic E-state index is -1.31. The Labute approximate surface area is 335 Å². The van der Waals surface area contributed by atoms with E-state index in [0.29, 0.717) is 36.5 Å². The third kappa shape index (κ3) is 8.81. The van der Waals surface area contributed by atoms with Gasteiger partial charge in [0.1, 0.15) is 36.1 Å². The number of hydrogen-bond donors (Lipinski definition) is 2. The van der Waals surface area contributed by atoms with Crippen LogP contribution in [-0.4, -0.2) is 85.9 Å². The molecule has 1 saturated carbocycles. The fourth-order valence-corrected chi connectivity index (χ4v) is 9.35. The Hall–Kier alpha value is -4.29. The first-order valence-electron chi connectivity index (χ1n) is 19.6. The number of likely N-dealkylation sites (N-methyl/N-ethyl adjacent to an activating group) is 1. The van der Waals surface area contributed by atoms with E-state index in [0.717, 1.165) is 58.7 Å². The van der Waals surface area contributed by atoms with Gasteiger partial charge >= 0.3 is 0 Å². The maximum absolute atomic E-state index is 14.4. The number of oxime groups is 1. The first-order valence-corrected chi connectivity index (χ1v) is 20.8. The Morgan fingerprint density at radius 3 is 2.45 bits per heavy atom. The summed E-state index contributed by atoms with van der Waals surface area (Å²) in [6.07, 6.45) is 11.4. The summed E-state index contributed by atoms with van der Waals surface area (Å²) in [5, 5.41) is 24.3. The molecule has 3 aromatic rings. The van der Waals surface area contributed by atoms with Crippen molar-refractivity contribution in [2.45, 2.75) is 74.0 Å². The van der Waals surface area contributed by atoms with E-state index >= 15 is 0 Å². The van der Waals surface area contributed by atoms with Crippen LogP contribution in [0, 0.1) is 17.8 Å². The van der Waals surface area contributed by atoms with Crippen LogP contribution in [0.4, 0.5) is 0 Å². The minimum absolute atomic E-state index is 0.103. The van der Waals surface area contributed by atoms with Crippen molar-refractivity contribution in [2.75, 3.05) is 47.3 Å². The fraction of sp³-hybridized carbons (Fsp3) is 0.467. The predicted molar refractivity (Wildman–Crippen MR) is 220 cm³/mol. The third-order valence-electron chi connectivity index (χ3n) is 11.5. The predicted octanol–water partition coefficient (Wildman–Crippen LogP) is 8.17. The normalized spacial score (nSPS) is 24.3. The Morgan fingerprint density at radius 1 is 1.00 bits per heavy atom. The second-order valence-electron chi connectivity index (χ2n) is 14.8. The van der Waals surface area contributed by atoms with E-state index in [-0.39, 0.29) is 55.8 Å². The van der Waals surface area contributed by atoms with Gasteiger partial charge in [-0.1, -0.05) is 42.3 Å². The van der Waals surface area contributed by atoms with Crippen molar-refractivity contribution in [3.05, 3.63) is 102 Å². The van der Waals surface area contributed by atoms with Gasteiger partial charge in [0.2, 0.25) is 11.7 Å². The number of carbonyl (C=O) groups excluding carboxylic acids is 1. The van der Waals surface area contributed by atoms with Crippen LogP contribution in [0.5, 0.6) is 23.0 Å². The summed E-state index contributed by atoms with van der Waals surface area (Å²) in [4.78, 5) is 22.8. The molecule has 56 heavy (non-hydrogen) atoms. The van der Waals surface area contributed by atoms with Gasteiger partial charge in [-0.15, -0.1) is 18.3 Å². The molecule has 0 aromatic heterocycles. The molecule has 6 rings (SSSR count). The zero-order chi connectivity index (χ0) is 39.7. The molecule has 10 nitrogen and oxygen atoms in total. The zero-order valence-electron chi connectivity index (χ0n) is 33.0. The molecule has 3 aromatic carbocycles. The van der Waals surface area contributed by atoms with Gasteiger partial charge in [0, 0.05) is 43.1 Å². The topological polar surface area (TPSA) is 119 Å². The highest BCUT2D eigenvalue weighted by Crippen LogP contribution is 2.62. The van der Waals surface area contributed by atoms with E-state index in [1.165, 1.54) is 0 Å². The number of ether oxygens (including phenoxy) is 4. The second kappa shape index (κ2) is 19.2. The minimum Gasteiger partial charge on any atom is -0.497 e. The zero-order valence-corrected chi connectivity index (χ0v) is 33.8. The van der Waals surface area contributed by atoms with Crippen molar-refractivity contribution in [3.8, 4) is 23.0 Å². The van der Waals surface area contributed by atoms with Gasteiger partial charge < -0.3 is 38.9 Å². The first-order chi connectivity index (χ1) is 27.3. The monoisotopic (exact) mass is 784 g/mol. The third-order valence-corrected chi connectivity index (χ3v) is 12.2. The van der Waals surface area contributed by atoms with Crippen molar-refractivity contribution in [1.82, 2.24) is 4.90 Å². The van der Waals surface area contributed by atoms with Crippen LogP contribution in [0.3, 0.4) is 0 Å². The number of fused-ring (bicyclic) bond motifs is 2. The number of aliphatic hydroxyl groups excluding tert-OH is 2. The number of aliphatic hydroxyl groups is 2. The van der Waals surface area contributed by atoms with Crippen LogP contribution in [0.1, 0.15) is 62.0 Å². The van der Waals surface area contributed by atoms with E-state index < -0.39 is 11.8 Å². The smallest absolute Gasteiger partial charge is 0.239 e. The Balaban J connectivity index is 1.51. The quantitative estimate of drug-likeness (QED) is 0.0537. The molecule has 0 bridgehead atoms. The van der Waals surface area contributed by atoms with Crippen molar-refractivity contribution >= 4 is 23.4 Å². The molecule has 1 fully saturated rings. The average molecular weight is 785 g/mol. The summed E-state index contributed by atoms with van der Waals surface area (Å²) in [7, 11) is 4.98. The summed E-state index contributed by atoms with van der Waals surface area (Å²) >= 11 is 1.68. The molecule has 6 unspecified atom stereocenters. The van der Waals surface area contributed by atoms with E-state index in [1.54, 1.807) is 37.0 Å². The Morgan fingerprint density at radius 2 is 1.75 bits per heavy atom. The van der Waals surface area contributed by atoms with E-state index in [9.17, 15) is 15.0 Å². The van der Waals surface area contributed by atoms with Gasteiger partial charge in [0.15, 0.2) is 0 Å². The number of benzene rings is 3. The Bertz CT molecular complexity index is 1860. The lowest BCUT2D eigenvalue weighted by Gasteiger charge is -2.59. The van der Waals surface area contributed by atoms with Crippen LogP contribution in [0.25, 0.3) is 0 Å². The van der Waals surface area contributed by atoms with E-state index in [2.05, 4.69) is 23.9 Å². The molecule has 0 saturated heterocycles. The standard InChI is InChI=1S/C45H56N2O8S/c1-6-24-53-45-41(47(2)42(50)26-30-12-11-14-33(25-30)51-3)29-39(46-52-4)37-27-31(13-7-9-22-48)36(15-8-10-23-49)43(44(37)45)38-28-34(18-21-40(38)55-45)54-32-16-19-35(56-5)20-17-32/h6,11-12,14,16-21,25,27-28,31,36,41,43-44,48-49H,1,7-10,13,15,22-24,26,29H2,2-5H3. The lowest BCUT2D eigenvalue weighted by Crippen LogP contribution is -2.69. The lowest BCUT2D eigenvalue weighted by molar-refractivity contribution is -0.255. The molecule has 1 aliphatic heterocycles. The number of allylic oxidation sites excluding steroid dienone is 1. The van der Waals surface area contributed by atoms with Crippen LogP contribution >= 0.6 is 11.8 Å². The van der Waals surface area contributed by atoms with Gasteiger partial charge in [0.25, 0.3) is 0 Å². The number of thioether (sulfide) groups is 1. The fourth-order valence-electron chi connectivity index (χ4n) is 8.94. The van der Waals surface area contributed by atoms with Gasteiger partial charge in [-0.3, -0.25) is 4.79 Å². The number of hydrogen-bond acceptors (Lipinski definition) is 10. The van der Waals surface area contributed by atoms with Gasteiger partial charge in [-0.2, -0.15) is 0 Å². The summed E-state index contributed by atoms with van der Waals surface area (Å²) in [6.45, 7) is 4.44. The van der Waals surface area contributed by atoms with E-state index in [1.807, 2.05) is 74.0 Å². The molecular weight excluding hydrogens is 729 g/mol. The molecular formula is C45H56N2O8S. The van der Waals surface area contributed by atoms with Gasteiger partial charge in [0.05, 0.1) is 31.8 Å². The molecule has 0 radical (unpaired) electrons. The van der Waals surface area contributed by atoms with Crippen LogP contribution in [0.2, 0.25) is 0 Å². The summed E-state index contributed by atoms with van der Waals surface area (Å²) in [6, 6.07) is 21.0. The number of rotatable bonds is 19. The average Bonchev–Trinajstić information content (AvgIpc) is 3.22. The van der Waals surface area contributed by atoms with Crippen LogP contribution in [-0.2, 0) is 20.8 Å². The van der Waals surface area contributed by atoms with Gasteiger partial charge in [-0.25, -0.2) is 0 Å². The van der Waals surface area contributed by atoms with E-state index in [4.69, 9.17) is 23.8 Å². The highest BCUT2D eigenvalue weighted by Gasteiger charge is 2.65. The highest BCUT2D eigenvalue weighted by molar-refractivity contribution is 7.98.